The maximum absolute atomic E-state index is 11.6. The van der Waals surface area contributed by atoms with Gasteiger partial charge in [0.15, 0.2) is 0 Å². The Morgan fingerprint density at radius 3 is 1.59 bits per heavy atom. The zero-order valence-electron chi connectivity index (χ0n) is 12.8. The Morgan fingerprint density at radius 1 is 0.818 bits per heavy atom. The molecule has 4 heteroatoms. The Morgan fingerprint density at radius 2 is 1.23 bits per heavy atom. The zero-order chi connectivity index (χ0) is 16.1. The predicted molar refractivity (Wildman–Crippen MR) is 83.1 cm³/mol. The molecule has 2 aromatic carbocycles. The minimum absolute atomic E-state index is 0.0363. The van der Waals surface area contributed by atoms with Crippen LogP contribution in [-0.4, -0.2) is 26.2 Å². The van der Waals surface area contributed by atoms with E-state index in [1.807, 2.05) is 31.2 Å². The predicted octanol–water partition coefficient (Wildman–Crippen LogP) is 3.41. The first kappa shape index (κ1) is 15.8. The monoisotopic (exact) mass is 298 g/mol. The number of methoxy groups -OCH3 is 2. The second-order valence-corrected chi connectivity index (χ2v) is 4.96. The number of benzene rings is 2. The summed E-state index contributed by atoms with van der Waals surface area (Å²) in [4.78, 5) is 23.2. The minimum Gasteiger partial charge on any atom is -0.465 e. The van der Waals surface area contributed by atoms with Crippen LogP contribution in [0.1, 0.15) is 44.7 Å². The van der Waals surface area contributed by atoms with E-state index in [4.69, 9.17) is 9.47 Å². The zero-order valence-corrected chi connectivity index (χ0v) is 12.8. The number of ether oxygens (including phenoxy) is 2. The fraction of sp³-hybridized carbons (Fsp3) is 0.222. The highest BCUT2D eigenvalue weighted by atomic mass is 16.5. The Bertz CT molecular complexity index is 631. The maximum atomic E-state index is 11.6. The molecular weight excluding hydrogens is 280 g/mol. The lowest BCUT2D eigenvalue weighted by atomic mass is 9.91. The van der Waals surface area contributed by atoms with Crippen LogP contribution >= 0.6 is 0 Å². The van der Waals surface area contributed by atoms with Crippen molar-refractivity contribution in [3.63, 3.8) is 0 Å². The molecule has 0 aromatic heterocycles. The van der Waals surface area contributed by atoms with Gasteiger partial charge in [-0.25, -0.2) is 9.59 Å². The topological polar surface area (TPSA) is 52.6 Å². The van der Waals surface area contributed by atoms with Gasteiger partial charge < -0.3 is 9.47 Å². The summed E-state index contributed by atoms with van der Waals surface area (Å²) in [5.74, 6) is -0.691. The molecule has 0 N–H and O–H groups in total. The first-order chi connectivity index (χ1) is 10.6. The first-order valence-corrected chi connectivity index (χ1v) is 6.93. The molecule has 0 amide bonds. The van der Waals surface area contributed by atoms with Gasteiger partial charge in [0.25, 0.3) is 0 Å². The van der Waals surface area contributed by atoms with Crippen molar-refractivity contribution in [3.8, 4) is 0 Å². The highest BCUT2D eigenvalue weighted by molar-refractivity contribution is 5.90. The maximum Gasteiger partial charge on any atom is 0.337 e. The third kappa shape index (κ3) is 3.34. The van der Waals surface area contributed by atoms with E-state index < -0.39 is 0 Å². The van der Waals surface area contributed by atoms with Crippen LogP contribution in [0.3, 0.4) is 0 Å². The number of carbonyl (C=O) groups excluding carboxylic acids is 2. The average Bonchev–Trinajstić information content (AvgIpc) is 2.59. The van der Waals surface area contributed by atoms with E-state index in [1.54, 1.807) is 24.3 Å². The number of rotatable bonds is 4. The summed E-state index contributed by atoms with van der Waals surface area (Å²) in [5, 5.41) is 0. The number of esters is 2. The van der Waals surface area contributed by atoms with E-state index in [-0.39, 0.29) is 17.9 Å². The highest BCUT2D eigenvalue weighted by Gasteiger charge is 2.14. The van der Waals surface area contributed by atoms with Crippen molar-refractivity contribution in [2.24, 2.45) is 0 Å². The van der Waals surface area contributed by atoms with Crippen LogP contribution in [0, 0.1) is 0 Å². The molecule has 114 valence electrons. The summed E-state index contributed by atoms with van der Waals surface area (Å²) in [5.41, 5.74) is 2.97. The van der Waals surface area contributed by atoms with E-state index in [1.165, 1.54) is 14.2 Å². The molecular formula is C18H18O4. The van der Waals surface area contributed by atoms with Gasteiger partial charge in [0.2, 0.25) is 0 Å². The van der Waals surface area contributed by atoms with E-state index >= 15 is 0 Å². The standard InChI is InChI=1S/C18H18O4/c1-12(13-6-4-8-15(10-13)17(19)21-2)14-7-5-9-16(11-14)18(20)22-3/h4-12H,1-3H3. The molecule has 0 heterocycles. The number of hydrogen-bond acceptors (Lipinski definition) is 4. The second-order valence-electron chi connectivity index (χ2n) is 4.96. The molecule has 0 unspecified atom stereocenters. The van der Waals surface area contributed by atoms with Gasteiger partial charge >= 0.3 is 11.9 Å². The van der Waals surface area contributed by atoms with E-state index in [9.17, 15) is 9.59 Å². The van der Waals surface area contributed by atoms with Crippen molar-refractivity contribution in [2.75, 3.05) is 14.2 Å². The van der Waals surface area contributed by atoms with Gasteiger partial charge in [0.05, 0.1) is 25.3 Å². The average molecular weight is 298 g/mol. The molecule has 0 radical (unpaired) electrons. The summed E-state index contributed by atoms with van der Waals surface area (Å²) < 4.78 is 9.48. The van der Waals surface area contributed by atoms with Gasteiger partial charge in [-0.05, 0) is 35.4 Å². The minimum atomic E-state index is -0.364. The summed E-state index contributed by atoms with van der Waals surface area (Å²) in [7, 11) is 2.72. The number of carbonyl (C=O) groups is 2. The van der Waals surface area contributed by atoms with Gasteiger partial charge in [-0.15, -0.1) is 0 Å². The first-order valence-electron chi connectivity index (χ1n) is 6.93. The van der Waals surface area contributed by atoms with Crippen LogP contribution in [0.4, 0.5) is 0 Å². The molecule has 0 saturated carbocycles. The lowest BCUT2D eigenvalue weighted by molar-refractivity contribution is 0.0592. The summed E-state index contributed by atoms with van der Waals surface area (Å²) in [6.07, 6.45) is 0. The smallest absolute Gasteiger partial charge is 0.337 e. The number of hydrogen-bond donors (Lipinski definition) is 0. The van der Waals surface area contributed by atoms with E-state index in [0.29, 0.717) is 11.1 Å². The van der Waals surface area contributed by atoms with Crippen LogP contribution in [0.5, 0.6) is 0 Å². The molecule has 0 spiro atoms. The molecule has 0 aliphatic rings. The van der Waals surface area contributed by atoms with Gasteiger partial charge in [-0.1, -0.05) is 31.2 Å². The van der Waals surface area contributed by atoms with Crippen LogP contribution in [0.15, 0.2) is 48.5 Å². The molecule has 0 fully saturated rings. The van der Waals surface area contributed by atoms with Gasteiger partial charge in [0, 0.05) is 5.92 Å². The highest BCUT2D eigenvalue weighted by Crippen LogP contribution is 2.25. The van der Waals surface area contributed by atoms with E-state index in [2.05, 4.69) is 0 Å². The molecule has 0 atom stereocenters. The lowest BCUT2D eigenvalue weighted by Gasteiger charge is -2.14. The quantitative estimate of drug-likeness (QED) is 0.812. The van der Waals surface area contributed by atoms with Gasteiger partial charge in [-0.3, -0.25) is 0 Å². The van der Waals surface area contributed by atoms with Crippen molar-refractivity contribution in [2.45, 2.75) is 12.8 Å². The van der Waals surface area contributed by atoms with Crippen LogP contribution in [0.2, 0.25) is 0 Å². The fourth-order valence-corrected chi connectivity index (χ4v) is 2.30. The van der Waals surface area contributed by atoms with Crippen LogP contribution in [0.25, 0.3) is 0 Å². The van der Waals surface area contributed by atoms with Crippen molar-refractivity contribution in [3.05, 3.63) is 70.8 Å². The van der Waals surface area contributed by atoms with Crippen molar-refractivity contribution >= 4 is 11.9 Å². The SMILES string of the molecule is COC(=O)c1cccc(C(C)c2cccc(C(=O)OC)c2)c1. The molecule has 0 aliphatic carbocycles. The molecule has 2 rings (SSSR count). The van der Waals surface area contributed by atoms with Gasteiger partial charge in [-0.2, -0.15) is 0 Å². The Labute approximate surface area is 129 Å². The van der Waals surface area contributed by atoms with Crippen molar-refractivity contribution in [1.82, 2.24) is 0 Å². The largest absolute Gasteiger partial charge is 0.465 e. The lowest BCUT2D eigenvalue weighted by Crippen LogP contribution is -2.05. The summed E-state index contributed by atoms with van der Waals surface area (Å²) in [6.45, 7) is 2.02. The van der Waals surface area contributed by atoms with Crippen LogP contribution in [-0.2, 0) is 9.47 Å². The third-order valence-corrected chi connectivity index (χ3v) is 3.62. The van der Waals surface area contributed by atoms with Gasteiger partial charge in [0.1, 0.15) is 0 Å². The van der Waals surface area contributed by atoms with Crippen molar-refractivity contribution < 1.29 is 19.1 Å². The van der Waals surface area contributed by atoms with Crippen molar-refractivity contribution in [1.29, 1.82) is 0 Å². The van der Waals surface area contributed by atoms with E-state index in [0.717, 1.165) is 11.1 Å². The fourth-order valence-electron chi connectivity index (χ4n) is 2.30. The third-order valence-electron chi connectivity index (χ3n) is 3.62. The Balaban J connectivity index is 2.34. The Hall–Kier alpha value is -2.62. The molecule has 0 saturated heterocycles. The molecule has 0 aliphatic heterocycles. The summed E-state index contributed by atoms with van der Waals surface area (Å²) in [6, 6.07) is 14.6. The molecule has 4 nitrogen and oxygen atoms in total. The molecule has 0 bridgehead atoms. The second kappa shape index (κ2) is 6.89. The Kier molecular flexibility index (Phi) is 4.94. The normalized spacial score (nSPS) is 10.4. The molecule has 2 aromatic rings. The van der Waals surface area contributed by atoms with Crippen LogP contribution < -0.4 is 0 Å². The molecule has 22 heavy (non-hydrogen) atoms. The summed E-state index contributed by atoms with van der Waals surface area (Å²) >= 11 is 0.